The van der Waals surface area contributed by atoms with E-state index in [4.69, 9.17) is 0 Å². The largest absolute Gasteiger partial charge is 0.424 e. The Morgan fingerprint density at radius 2 is 2.04 bits per heavy atom. The molecule has 0 saturated carbocycles. The van der Waals surface area contributed by atoms with Crippen LogP contribution in [0, 0.1) is 0 Å². The van der Waals surface area contributed by atoms with Gasteiger partial charge in [-0.15, -0.1) is 0 Å². The summed E-state index contributed by atoms with van der Waals surface area (Å²) in [5, 5.41) is 14.7. The Morgan fingerprint density at radius 3 is 2.58 bits per heavy atom. The molecule has 3 N–H and O–H groups in total. The number of nitrogens with zero attached hydrogens (tertiary/aromatic N) is 3. The van der Waals surface area contributed by atoms with E-state index in [1.807, 2.05) is 0 Å². The van der Waals surface area contributed by atoms with Crippen LogP contribution in [0.4, 0.5) is 23.8 Å². The summed E-state index contributed by atoms with van der Waals surface area (Å²) in [6.07, 6.45) is -1.80. The predicted octanol–water partition coefficient (Wildman–Crippen LogP) is 1.78. The van der Waals surface area contributed by atoms with E-state index in [0.29, 0.717) is 0 Å². The number of aliphatic hydroxyl groups is 1. The highest BCUT2D eigenvalue weighted by Crippen LogP contribution is 2.40. The molecule has 0 spiro atoms. The molecule has 0 unspecified atom stereocenters. The van der Waals surface area contributed by atoms with Gasteiger partial charge < -0.3 is 15.0 Å². The molecule has 0 aliphatic heterocycles. The van der Waals surface area contributed by atoms with Gasteiger partial charge in [-0.1, -0.05) is 6.07 Å². The van der Waals surface area contributed by atoms with Gasteiger partial charge in [0.25, 0.3) is 0 Å². The van der Waals surface area contributed by atoms with Gasteiger partial charge in [0, 0.05) is 38.6 Å². The van der Waals surface area contributed by atoms with Crippen LogP contribution in [0.2, 0.25) is 0 Å². The predicted molar refractivity (Wildman–Crippen MR) is 79.0 cm³/mol. The van der Waals surface area contributed by atoms with E-state index in [1.54, 1.807) is 12.1 Å². The number of aromatic nitrogens is 3. The fourth-order valence-electron chi connectivity index (χ4n) is 2.10. The van der Waals surface area contributed by atoms with E-state index in [-0.39, 0.29) is 5.82 Å². The Morgan fingerprint density at radius 1 is 1.29 bits per heavy atom. The van der Waals surface area contributed by atoms with E-state index in [9.17, 15) is 23.1 Å². The average Bonchev–Trinajstić information content (AvgIpc) is 2.93. The third-order valence-electron chi connectivity index (χ3n) is 3.34. The molecule has 0 aliphatic rings. The maximum Gasteiger partial charge on any atom is 0.424 e. The van der Waals surface area contributed by atoms with Crippen LogP contribution >= 0.6 is 0 Å². The molecule has 0 aromatic carbocycles. The van der Waals surface area contributed by atoms with Crippen LogP contribution in [-0.2, 0) is 12.6 Å². The molecule has 0 radical (unpaired) electrons. The van der Waals surface area contributed by atoms with E-state index < -0.39 is 36.6 Å². The molecule has 130 valence electrons. The van der Waals surface area contributed by atoms with Gasteiger partial charge >= 0.3 is 12.2 Å². The van der Waals surface area contributed by atoms with Crippen LogP contribution in [0.5, 0.6) is 0 Å². The number of alkyl halides is 3. The van der Waals surface area contributed by atoms with Gasteiger partial charge in [0.1, 0.15) is 11.6 Å². The lowest BCUT2D eigenvalue weighted by molar-refractivity contribution is -0.272. The maximum absolute atomic E-state index is 13.3. The third-order valence-corrected chi connectivity index (χ3v) is 3.34. The smallest absolute Gasteiger partial charge is 0.374 e. The number of aryl methyl sites for hydroxylation is 1. The van der Waals surface area contributed by atoms with Crippen molar-refractivity contribution in [3.8, 4) is 0 Å². The number of halogens is 3. The van der Waals surface area contributed by atoms with E-state index in [0.717, 1.165) is 10.8 Å². The second kappa shape index (κ2) is 6.87. The number of urea groups is 1. The lowest BCUT2D eigenvalue weighted by Crippen LogP contribution is -2.47. The SMILES string of the molecule is Cn1ccnc1[C@](O)(CCNC(=O)Nc1ccccn1)C(F)(F)F. The Balaban J connectivity index is 1.99. The molecule has 1 atom stereocenters. The quantitative estimate of drug-likeness (QED) is 0.772. The van der Waals surface area contributed by atoms with Crippen molar-refractivity contribution >= 4 is 11.8 Å². The molecule has 2 aromatic rings. The number of rotatable bonds is 5. The second-order valence-corrected chi connectivity index (χ2v) is 5.07. The zero-order valence-electron chi connectivity index (χ0n) is 12.7. The Kier molecular flexibility index (Phi) is 5.07. The molecule has 0 bridgehead atoms. The number of carbonyl (C=O) groups excluding carboxylic acids is 1. The Labute approximate surface area is 135 Å². The van der Waals surface area contributed by atoms with Crippen molar-refractivity contribution in [2.45, 2.75) is 18.2 Å². The zero-order valence-corrected chi connectivity index (χ0v) is 12.7. The summed E-state index contributed by atoms with van der Waals surface area (Å²) in [5.41, 5.74) is -3.16. The second-order valence-electron chi connectivity index (χ2n) is 5.07. The Bertz CT molecular complexity index is 689. The van der Waals surface area contributed by atoms with Crippen LogP contribution in [0.15, 0.2) is 36.8 Å². The first-order valence-electron chi connectivity index (χ1n) is 6.97. The van der Waals surface area contributed by atoms with Crippen molar-refractivity contribution in [1.29, 1.82) is 0 Å². The summed E-state index contributed by atoms with van der Waals surface area (Å²) in [6.45, 7) is -0.415. The number of carbonyl (C=O) groups is 1. The number of nitrogens with one attached hydrogen (secondary N) is 2. The summed E-state index contributed by atoms with van der Waals surface area (Å²) in [4.78, 5) is 19.1. The molecule has 7 nitrogen and oxygen atoms in total. The minimum Gasteiger partial charge on any atom is -0.374 e. The van der Waals surface area contributed by atoms with Gasteiger partial charge in [-0.05, 0) is 12.1 Å². The summed E-state index contributed by atoms with van der Waals surface area (Å²) < 4.78 is 40.9. The van der Waals surface area contributed by atoms with Crippen molar-refractivity contribution in [2.24, 2.45) is 7.05 Å². The molecule has 2 amide bonds. The van der Waals surface area contributed by atoms with Crippen LogP contribution in [0.25, 0.3) is 0 Å². The van der Waals surface area contributed by atoms with Crippen LogP contribution in [0.3, 0.4) is 0 Å². The van der Waals surface area contributed by atoms with E-state index in [1.165, 1.54) is 25.5 Å². The number of pyridine rings is 1. The monoisotopic (exact) mass is 343 g/mol. The van der Waals surface area contributed by atoms with Gasteiger partial charge in [0.2, 0.25) is 5.60 Å². The minimum absolute atomic E-state index is 0.255. The Hall–Kier alpha value is -2.62. The van der Waals surface area contributed by atoms with E-state index in [2.05, 4.69) is 20.6 Å². The zero-order chi connectivity index (χ0) is 17.8. The fraction of sp³-hybridized carbons (Fsp3) is 0.357. The molecule has 2 heterocycles. The molecule has 0 fully saturated rings. The van der Waals surface area contributed by atoms with Crippen molar-refractivity contribution < 1.29 is 23.1 Å². The number of amides is 2. The van der Waals surface area contributed by atoms with Crippen molar-refractivity contribution in [3.05, 3.63) is 42.6 Å². The minimum atomic E-state index is -4.94. The van der Waals surface area contributed by atoms with Crippen LogP contribution < -0.4 is 10.6 Å². The molecule has 2 rings (SSSR count). The van der Waals surface area contributed by atoms with Gasteiger partial charge in [0.15, 0.2) is 0 Å². The number of anilines is 1. The molecular formula is C14H16F3N5O2. The van der Waals surface area contributed by atoms with Crippen molar-refractivity contribution in [2.75, 3.05) is 11.9 Å². The standard InChI is InChI=1S/C14H16F3N5O2/c1-22-9-8-19-11(22)13(24,14(15,16)17)5-7-20-12(23)21-10-4-2-3-6-18-10/h2-4,6,8-9,24H,5,7H2,1H3,(H2,18,20,21,23)/t13-/m1/s1. The molecule has 2 aromatic heterocycles. The highest BCUT2D eigenvalue weighted by molar-refractivity contribution is 5.88. The third kappa shape index (κ3) is 3.82. The first-order chi connectivity index (χ1) is 11.2. The van der Waals surface area contributed by atoms with Crippen molar-refractivity contribution in [3.63, 3.8) is 0 Å². The molecule has 10 heteroatoms. The average molecular weight is 343 g/mol. The molecule has 0 saturated heterocycles. The van der Waals surface area contributed by atoms with Gasteiger partial charge in [-0.25, -0.2) is 14.8 Å². The number of hydrogen-bond donors (Lipinski definition) is 3. The maximum atomic E-state index is 13.3. The van der Waals surface area contributed by atoms with Gasteiger partial charge in [-0.2, -0.15) is 13.2 Å². The first kappa shape index (κ1) is 17.7. The lowest BCUT2D eigenvalue weighted by atomic mass is 9.97. The summed E-state index contributed by atoms with van der Waals surface area (Å²) in [6, 6.07) is 4.10. The molecule has 0 aliphatic carbocycles. The molecular weight excluding hydrogens is 327 g/mol. The van der Waals surface area contributed by atoms with E-state index >= 15 is 0 Å². The normalized spacial score (nSPS) is 14.0. The summed E-state index contributed by atoms with van der Waals surface area (Å²) in [5.74, 6) is -0.285. The number of hydrogen-bond acceptors (Lipinski definition) is 4. The highest BCUT2D eigenvalue weighted by Gasteiger charge is 2.57. The van der Waals surface area contributed by atoms with Gasteiger partial charge in [0.05, 0.1) is 0 Å². The molecule has 24 heavy (non-hydrogen) atoms. The highest BCUT2D eigenvalue weighted by atomic mass is 19.4. The topological polar surface area (TPSA) is 92.1 Å². The lowest BCUT2D eigenvalue weighted by Gasteiger charge is -2.29. The number of imidazole rings is 1. The summed E-state index contributed by atoms with van der Waals surface area (Å²) >= 11 is 0. The van der Waals surface area contributed by atoms with Crippen molar-refractivity contribution in [1.82, 2.24) is 19.9 Å². The van der Waals surface area contributed by atoms with Crippen LogP contribution in [-0.4, -0.2) is 38.4 Å². The first-order valence-corrected chi connectivity index (χ1v) is 6.97. The fourth-order valence-corrected chi connectivity index (χ4v) is 2.10. The summed E-state index contributed by atoms with van der Waals surface area (Å²) in [7, 11) is 1.35. The van der Waals surface area contributed by atoms with Gasteiger partial charge in [-0.3, -0.25) is 5.32 Å². The van der Waals surface area contributed by atoms with Crippen LogP contribution in [0.1, 0.15) is 12.2 Å².